The summed E-state index contributed by atoms with van der Waals surface area (Å²) < 4.78 is 77.9. The number of alkyl halides is 6. The summed E-state index contributed by atoms with van der Waals surface area (Å²) in [5.74, 6) is 0. The summed E-state index contributed by atoms with van der Waals surface area (Å²) in [5.41, 5.74) is -5.38. The second-order valence-corrected chi connectivity index (χ2v) is 5.49. The molecule has 0 radical (unpaired) electrons. The van der Waals surface area contributed by atoms with Crippen LogP contribution in [-0.4, -0.2) is 11.3 Å². The second-order valence-electron chi connectivity index (χ2n) is 5.49. The van der Waals surface area contributed by atoms with E-state index >= 15 is 0 Å². The molecule has 0 saturated carbocycles. The van der Waals surface area contributed by atoms with Gasteiger partial charge in [0, 0.05) is 0 Å². The molecule has 8 heteroatoms. The lowest BCUT2D eigenvalue weighted by molar-refractivity contribution is -0.258. The van der Waals surface area contributed by atoms with Crippen LogP contribution in [0.2, 0.25) is 0 Å². The van der Waals surface area contributed by atoms with E-state index < -0.39 is 34.8 Å². The molecule has 2 nitrogen and oxygen atoms in total. The van der Waals surface area contributed by atoms with Gasteiger partial charge < -0.3 is 5.11 Å². The molecule has 25 heavy (non-hydrogen) atoms. The maximum absolute atomic E-state index is 13.0. The first-order valence-electron chi connectivity index (χ1n) is 6.86. The molecule has 0 aliphatic rings. The van der Waals surface area contributed by atoms with Crippen LogP contribution < -0.4 is 0 Å². The number of hydrogen-bond acceptors (Lipinski definition) is 1. The molecule has 1 atom stereocenters. The van der Waals surface area contributed by atoms with Crippen molar-refractivity contribution in [3.63, 3.8) is 0 Å². The van der Waals surface area contributed by atoms with Crippen LogP contribution in [0, 0.1) is 6.57 Å². The van der Waals surface area contributed by atoms with Crippen molar-refractivity contribution in [2.75, 3.05) is 0 Å². The maximum Gasteiger partial charge on any atom is 0.421 e. The summed E-state index contributed by atoms with van der Waals surface area (Å²) in [6.45, 7) is 7.36. The van der Waals surface area contributed by atoms with Crippen LogP contribution in [-0.2, 0) is 11.8 Å². The van der Waals surface area contributed by atoms with Gasteiger partial charge in [0.2, 0.25) is 0 Å². The molecule has 132 valence electrons. The van der Waals surface area contributed by atoms with Gasteiger partial charge in [0.05, 0.1) is 12.1 Å². The summed E-state index contributed by atoms with van der Waals surface area (Å²) in [6, 6.07) is 7.41. The monoisotopic (exact) mass is 359 g/mol. The fourth-order valence-corrected chi connectivity index (χ4v) is 2.21. The standard InChI is InChI=1S/C17H11F6NO/c1-15(25,17(21,22)23)12-5-3-4-10(8-12)11-6-7-14(24-2)13(9-11)16(18,19)20/h3-9,25H,1H3. The van der Waals surface area contributed by atoms with Gasteiger partial charge in [-0.1, -0.05) is 36.4 Å². The van der Waals surface area contributed by atoms with E-state index in [1.54, 1.807) is 0 Å². The first-order chi connectivity index (χ1) is 11.4. The third-order valence-electron chi connectivity index (χ3n) is 3.73. The Labute approximate surface area is 139 Å². The fraction of sp³-hybridized carbons (Fsp3) is 0.235. The van der Waals surface area contributed by atoms with E-state index in [-0.39, 0.29) is 11.1 Å². The normalized spacial score (nSPS) is 14.7. The molecule has 0 aromatic heterocycles. The zero-order chi connectivity index (χ0) is 19.0. The molecule has 0 aliphatic carbocycles. The Morgan fingerprint density at radius 3 is 2.04 bits per heavy atom. The fourth-order valence-electron chi connectivity index (χ4n) is 2.21. The molecule has 2 rings (SSSR count). The number of aliphatic hydroxyl groups is 1. The SMILES string of the molecule is [C-]#[N+]c1ccc(-c2cccc(C(C)(O)C(F)(F)F)c2)cc1C(F)(F)F. The average molecular weight is 359 g/mol. The highest BCUT2D eigenvalue weighted by Crippen LogP contribution is 2.41. The van der Waals surface area contributed by atoms with Crippen molar-refractivity contribution in [1.29, 1.82) is 0 Å². The highest BCUT2D eigenvalue weighted by Gasteiger charge is 2.51. The Morgan fingerprint density at radius 1 is 0.920 bits per heavy atom. The van der Waals surface area contributed by atoms with Crippen molar-refractivity contribution in [1.82, 2.24) is 0 Å². The van der Waals surface area contributed by atoms with Crippen LogP contribution in [0.25, 0.3) is 16.0 Å². The molecular formula is C17H11F6NO. The van der Waals surface area contributed by atoms with Crippen LogP contribution in [0.3, 0.4) is 0 Å². The topological polar surface area (TPSA) is 24.6 Å². The molecule has 0 saturated heterocycles. The van der Waals surface area contributed by atoms with Gasteiger partial charge >= 0.3 is 12.4 Å². The summed E-state index contributed by atoms with van der Waals surface area (Å²) in [7, 11) is 0. The highest BCUT2D eigenvalue weighted by atomic mass is 19.4. The Hall–Kier alpha value is -2.53. The van der Waals surface area contributed by atoms with E-state index in [0.29, 0.717) is 13.0 Å². The molecule has 2 aromatic carbocycles. The summed E-state index contributed by atoms with van der Waals surface area (Å²) >= 11 is 0. The summed E-state index contributed by atoms with van der Waals surface area (Å²) in [5, 5.41) is 9.71. The van der Waals surface area contributed by atoms with Crippen LogP contribution in [0.15, 0.2) is 42.5 Å². The lowest BCUT2D eigenvalue weighted by Crippen LogP contribution is -2.39. The number of hydrogen-bond donors (Lipinski definition) is 1. The van der Waals surface area contributed by atoms with Crippen LogP contribution in [0.4, 0.5) is 32.0 Å². The number of benzene rings is 2. The minimum Gasteiger partial charge on any atom is -0.376 e. The van der Waals surface area contributed by atoms with Gasteiger partial charge in [0.1, 0.15) is 0 Å². The molecular weight excluding hydrogens is 348 g/mol. The molecule has 1 N–H and O–H groups in total. The van der Waals surface area contributed by atoms with Crippen molar-refractivity contribution in [2.45, 2.75) is 24.9 Å². The molecule has 0 heterocycles. The lowest BCUT2D eigenvalue weighted by Gasteiger charge is -2.27. The minimum absolute atomic E-state index is 0.0143. The van der Waals surface area contributed by atoms with Crippen LogP contribution in [0.1, 0.15) is 18.1 Å². The first kappa shape index (κ1) is 18.8. The van der Waals surface area contributed by atoms with E-state index in [1.807, 2.05) is 0 Å². The molecule has 0 spiro atoms. The summed E-state index contributed by atoms with van der Waals surface area (Å²) in [6.07, 6.45) is -9.72. The Bertz CT molecular complexity index is 830. The zero-order valence-corrected chi connectivity index (χ0v) is 12.7. The van der Waals surface area contributed by atoms with Crippen molar-refractivity contribution < 1.29 is 31.4 Å². The third kappa shape index (κ3) is 3.61. The third-order valence-corrected chi connectivity index (χ3v) is 3.73. The van der Waals surface area contributed by atoms with Gasteiger partial charge in [-0.25, -0.2) is 4.85 Å². The van der Waals surface area contributed by atoms with Gasteiger partial charge in [0.25, 0.3) is 0 Å². The Morgan fingerprint density at radius 2 is 1.52 bits per heavy atom. The molecule has 1 unspecified atom stereocenters. The van der Waals surface area contributed by atoms with Crippen molar-refractivity contribution >= 4 is 5.69 Å². The van der Waals surface area contributed by atoms with Crippen molar-refractivity contribution in [3.8, 4) is 11.1 Å². The van der Waals surface area contributed by atoms with Gasteiger partial charge in [-0.3, -0.25) is 0 Å². The largest absolute Gasteiger partial charge is 0.421 e. The molecule has 2 aromatic rings. The Balaban J connectivity index is 2.58. The predicted octanol–water partition coefficient (Wildman–Crippen LogP) is 5.69. The van der Waals surface area contributed by atoms with E-state index in [9.17, 15) is 31.4 Å². The second kappa shape index (κ2) is 6.08. The molecule has 0 fully saturated rings. The minimum atomic E-state index is -4.95. The van der Waals surface area contributed by atoms with E-state index in [4.69, 9.17) is 6.57 Å². The van der Waals surface area contributed by atoms with Gasteiger partial charge in [-0.05, 0) is 29.7 Å². The van der Waals surface area contributed by atoms with E-state index in [2.05, 4.69) is 4.85 Å². The smallest absolute Gasteiger partial charge is 0.376 e. The number of nitrogens with zero attached hydrogens (tertiary/aromatic N) is 1. The molecule has 0 bridgehead atoms. The maximum atomic E-state index is 13.0. The number of halogens is 6. The lowest BCUT2D eigenvalue weighted by atomic mass is 9.91. The predicted molar refractivity (Wildman–Crippen MR) is 78.8 cm³/mol. The quantitative estimate of drug-likeness (QED) is 0.540. The Kier molecular flexibility index (Phi) is 4.57. The van der Waals surface area contributed by atoms with Gasteiger partial charge in [-0.2, -0.15) is 26.3 Å². The highest BCUT2D eigenvalue weighted by molar-refractivity contribution is 5.70. The van der Waals surface area contributed by atoms with Crippen LogP contribution >= 0.6 is 0 Å². The molecule has 0 aliphatic heterocycles. The van der Waals surface area contributed by atoms with E-state index in [1.165, 1.54) is 18.2 Å². The van der Waals surface area contributed by atoms with Gasteiger partial charge in [0.15, 0.2) is 11.3 Å². The van der Waals surface area contributed by atoms with Crippen molar-refractivity contribution in [3.05, 3.63) is 65.0 Å². The zero-order valence-electron chi connectivity index (χ0n) is 12.7. The summed E-state index contributed by atoms with van der Waals surface area (Å²) in [4.78, 5) is 2.80. The first-order valence-corrected chi connectivity index (χ1v) is 6.86. The van der Waals surface area contributed by atoms with Crippen LogP contribution in [0.5, 0.6) is 0 Å². The average Bonchev–Trinajstić information content (AvgIpc) is 2.52. The van der Waals surface area contributed by atoms with Crippen molar-refractivity contribution in [2.24, 2.45) is 0 Å². The van der Waals surface area contributed by atoms with Gasteiger partial charge in [-0.15, -0.1) is 0 Å². The molecule has 0 amide bonds. The van der Waals surface area contributed by atoms with E-state index in [0.717, 1.165) is 18.2 Å². The number of rotatable bonds is 2.